The SMILES string of the molecule is CC(=O)OC1c2nc(C3CCOCC3)c3c(c2C(OS(C)(C)C(C)(C)C)CC1(C)C)C1(CCCC1)OC3c1ccc(C(F)(F)F)cc1. The standard InChI is InChI=1S/C37H50F3NO5S/c1-22(42)44-33-31-27(26(21-35(33,5)6)46-47(7,8)34(2,3)4)29-28(30(41-31)23-15-19-43-20-16-23)32(45-36(29)17-9-10-18-36)24-11-13-25(14-12-24)37(38,39)40/h11-14,23,26,32-33H,9-10,15-21H2,1-8H3. The second-order valence-corrected chi connectivity index (χ2v) is 19.8. The van der Waals surface area contributed by atoms with Crippen LogP contribution in [-0.4, -0.2) is 41.4 Å². The topological polar surface area (TPSA) is 66.9 Å². The molecule has 1 spiro atoms. The number of carbonyl (C=O) groups excluding carboxylic acids is 1. The lowest BCUT2D eigenvalue weighted by atomic mass is 9.68. The maximum absolute atomic E-state index is 13.6. The van der Waals surface area contributed by atoms with Crippen molar-refractivity contribution in [3.05, 3.63) is 63.5 Å². The molecule has 0 radical (unpaired) electrons. The molecule has 6 rings (SSSR count). The van der Waals surface area contributed by atoms with Gasteiger partial charge in [-0.05, 0) is 67.9 Å². The zero-order chi connectivity index (χ0) is 34.2. The number of nitrogens with zero attached hydrogens (tertiary/aromatic N) is 1. The van der Waals surface area contributed by atoms with Gasteiger partial charge in [-0.2, -0.15) is 13.2 Å². The molecule has 6 nitrogen and oxygen atoms in total. The Morgan fingerprint density at radius 1 is 0.979 bits per heavy atom. The van der Waals surface area contributed by atoms with Gasteiger partial charge in [0.05, 0.1) is 28.7 Å². The molecule has 260 valence electrons. The molecular formula is C37H50F3NO5S. The minimum Gasteiger partial charge on any atom is -0.455 e. The first-order valence-electron chi connectivity index (χ1n) is 16.9. The van der Waals surface area contributed by atoms with Crippen molar-refractivity contribution in [1.29, 1.82) is 0 Å². The van der Waals surface area contributed by atoms with Crippen LogP contribution in [0, 0.1) is 5.41 Å². The summed E-state index contributed by atoms with van der Waals surface area (Å²) in [6, 6.07) is 5.42. The van der Waals surface area contributed by atoms with Gasteiger partial charge in [0.1, 0.15) is 12.2 Å². The van der Waals surface area contributed by atoms with Crippen LogP contribution in [-0.2, 0) is 35.0 Å². The third kappa shape index (κ3) is 6.25. The highest BCUT2D eigenvalue weighted by Crippen LogP contribution is 2.65. The first-order valence-corrected chi connectivity index (χ1v) is 19.3. The molecule has 1 saturated heterocycles. The molecule has 3 heterocycles. The largest absolute Gasteiger partial charge is 0.455 e. The van der Waals surface area contributed by atoms with Crippen molar-refractivity contribution in [2.24, 2.45) is 5.41 Å². The fraction of sp³-hybridized carbons (Fsp3) is 0.676. The molecule has 3 atom stereocenters. The highest BCUT2D eigenvalue weighted by molar-refractivity contribution is 8.29. The van der Waals surface area contributed by atoms with Gasteiger partial charge in [0.2, 0.25) is 0 Å². The van der Waals surface area contributed by atoms with Gasteiger partial charge in [-0.1, -0.05) is 59.6 Å². The Balaban J connectivity index is 1.65. The molecule has 2 aromatic rings. The van der Waals surface area contributed by atoms with Crippen LogP contribution in [0.5, 0.6) is 0 Å². The summed E-state index contributed by atoms with van der Waals surface area (Å²) in [5.74, 6) is -0.294. The predicted octanol–water partition coefficient (Wildman–Crippen LogP) is 9.75. The van der Waals surface area contributed by atoms with E-state index in [1.807, 2.05) is 0 Å². The molecule has 1 saturated carbocycles. The van der Waals surface area contributed by atoms with Crippen LogP contribution in [0.25, 0.3) is 0 Å². The first-order chi connectivity index (χ1) is 21.8. The van der Waals surface area contributed by atoms with Crippen molar-refractivity contribution < 1.29 is 36.4 Å². The van der Waals surface area contributed by atoms with Gasteiger partial charge in [-0.15, -0.1) is 10.3 Å². The summed E-state index contributed by atoms with van der Waals surface area (Å²) in [5.41, 5.74) is 3.53. The Morgan fingerprint density at radius 2 is 1.60 bits per heavy atom. The van der Waals surface area contributed by atoms with E-state index in [1.54, 1.807) is 12.1 Å². The average Bonchev–Trinajstić information content (AvgIpc) is 3.58. The number of esters is 1. The molecule has 1 aromatic heterocycles. The lowest BCUT2D eigenvalue weighted by molar-refractivity contribution is -0.156. The normalized spacial score (nSPS) is 26.2. The fourth-order valence-electron chi connectivity index (χ4n) is 7.91. The van der Waals surface area contributed by atoms with Crippen LogP contribution in [0.4, 0.5) is 13.2 Å². The monoisotopic (exact) mass is 677 g/mol. The molecule has 47 heavy (non-hydrogen) atoms. The van der Waals surface area contributed by atoms with Crippen LogP contribution in [0.3, 0.4) is 0 Å². The molecule has 0 amide bonds. The summed E-state index contributed by atoms with van der Waals surface area (Å²) in [5, 5.41) is 0. The minimum atomic E-state index is -4.43. The molecule has 2 aliphatic heterocycles. The molecule has 3 unspecified atom stereocenters. The van der Waals surface area contributed by atoms with Crippen molar-refractivity contribution in [2.45, 2.75) is 127 Å². The van der Waals surface area contributed by atoms with E-state index in [0.717, 1.165) is 78.7 Å². The minimum absolute atomic E-state index is 0.0685. The maximum Gasteiger partial charge on any atom is 0.416 e. The zero-order valence-corrected chi connectivity index (χ0v) is 29.8. The molecule has 1 aromatic carbocycles. The summed E-state index contributed by atoms with van der Waals surface area (Å²) in [6.45, 7) is 13.5. The lowest BCUT2D eigenvalue weighted by Crippen LogP contribution is -2.39. The summed E-state index contributed by atoms with van der Waals surface area (Å²) >= 11 is 0. The van der Waals surface area contributed by atoms with Crippen molar-refractivity contribution >= 4 is 16.3 Å². The number of hydrogen-bond acceptors (Lipinski definition) is 6. The van der Waals surface area contributed by atoms with E-state index in [2.05, 4.69) is 47.1 Å². The van der Waals surface area contributed by atoms with E-state index in [1.165, 1.54) is 6.92 Å². The van der Waals surface area contributed by atoms with E-state index >= 15 is 0 Å². The molecule has 2 fully saturated rings. The van der Waals surface area contributed by atoms with E-state index in [4.69, 9.17) is 23.4 Å². The Morgan fingerprint density at radius 3 is 2.15 bits per heavy atom. The van der Waals surface area contributed by atoms with Crippen molar-refractivity contribution in [2.75, 3.05) is 25.7 Å². The lowest BCUT2D eigenvalue weighted by Gasteiger charge is -2.50. The number of halogens is 3. The second-order valence-electron chi connectivity index (χ2n) is 15.9. The Bertz CT molecular complexity index is 1500. The fourth-order valence-corrected chi connectivity index (χ4v) is 8.94. The van der Waals surface area contributed by atoms with Crippen LogP contribution in [0.2, 0.25) is 0 Å². The molecule has 2 aliphatic carbocycles. The zero-order valence-electron chi connectivity index (χ0n) is 29.0. The third-order valence-electron chi connectivity index (χ3n) is 11.1. The number of alkyl halides is 3. The average molecular weight is 678 g/mol. The summed E-state index contributed by atoms with van der Waals surface area (Å²) in [7, 11) is -1.60. The highest BCUT2D eigenvalue weighted by atomic mass is 32.3. The molecule has 0 bridgehead atoms. The van der Waals surface area contributed by atoms with Gasteiger partial charge in [0.15, 0.2) is 0 Å². The predicted molar refractivity (Wildman–Crippen MR) is 177 cm³/mol. The Hall–Kier alpha value is -2.14. The van der Waals surface area contributed by atoms with E-state index in [0.29, 0.717) is 25.2 Å². The van der Waals surface area contributed by atoms with Gasteiger partial charge < -0.3 is 18.4 Å². The van der Waals surface area contributed by atoms with Gasteiger partial charge >= 0.3 is 12.1 Å². The number of hydrogen-bond donors (Lipinski definition) is 0. The van der Waals surface area contributed by atoms with Crippen LogP contribution in [0.15, 0.2) is 24.3 Å². The number of carbonyl (C=O) groups is 1. The van der Waals surface area contributed by atoms with Crippen LogP contribution < -0.4 is 0 Å². The van der Waals surface area contributed by atoms with Gasteiger partial charge in [-0.25, -0.2) is 0 Å². The number of pyridine rings is 1. The molecule has 0 N–H and O–H groups in total. The van der Waals surface area contributed by atoms with Gasteiger partial charge in [0, 0.05) is 47.3 Å². The summed E-state index contributed by atoms with van der Waals surface area (Å²) in [4.78, 5) is 18.2. The Labute approximate surface area is 279 Å². The first kappa shape index (κ1) is 34.7. The second kappa shape index (κ2) is 12.0. The summed E-state index contributed by atoms with van der Waals surface area (Å²) in [6.07, 6.45) is 4.20. The number of benzene rings is 1. The third-order valence-corrected chi connectivity index (χ3v) is 14.7. The van der Waals surface area contributed by atoms with E-state index < -0.39 is 45.3 Å². The quantitative estimate of drug-likeness (QED) is 0.294. The number of aromatic nitrogens is 1. The highest BCUT2D eigenvalue weighted by Gasteiger charge is 2.56. The van der Waals surface area contributed by atoms with Crippen molar-refractivity contribution in [1.82, 2.24) is 4.98 Å². The molecule has 4 aliphatic rings. The van der Waals surface area contributed by atoms with Crippen molar-refractivity contribution in [3.8, 4) is 0 Å². The van der Waals surface area contributed by atoms with Gasteiger partial charge in [-0.3, -0.25) is 9.78 Å². The summed E-state index contributed by atoms with van der Waals surface area (Å²) < 4.78 is 67.2. The molecular weight excluding hydrogens is 627 g/mol. The van der Waals surface area contributed by atoms with Gasteiger partial charge in [0.25, 0.3) is 0 Å². The number of fused-ring (bicyclic) bond motifs is 4. The van der Waals surface area contributed by atoms with Crippen molar-refractivity contribution in [3.63, 3.8) is 0 Å². The smallest absolute Gasteiger partial charge is 0.416 e. The van der Waals surface area contributed by atoms with Crippen LogP contribution in [0.1, 0.15) is 150 Å². The Kier molecular flexibility index (Phi) is 8.88. The number of ether oxygens (including phenoxy) is 3. The van der Waals surface area contributed by atoms with E-state index in [9.17, 15) is 18.0 Å². The maximum atomic E-state index is 13.6. The molecule has 10 heteroatoms. The number of rotatable bonds is 5. The van der Waals surface area contributed by atoms with E-state index in [-0.39, 0.29) is 22.7 Å². The van der Waals surface area contributed by atoms with Crippen LogP contribution >= 0.6 is 10.3 Å².